The zero-order valence-corrected chi connectivity index (χ0v) is 12.4. The van der Waals surface area contributed by atoms with Gasteiger partial charge in [0.2, 0.25) is 0 Å². The Kier molecular flexibility index (Phi) is 3.15. The van der Waals surface area contributed by atoms with Gasteiger partial charge in [-0.3, -0.25) is 0 Å². The minimum Gasteiger partial charge on any atom is -0.489 e. The molecule has 1 aromatic rings. The van der Waals surface area contributed by atoms with E-state index in [4.69, 9.17) is 10.5 Å². The highest BCUT2D eigenvalue weighted by atomic mass is 79.9. The van der Waals surface area contributed by atoms with E-state index in [1.54, 1.807) is 0 Å². The number of halogens is 1. The summed E-state index contributed by atoms with van der Waals surface area (Å²) in [6.07, 6.45) is 6.43. The van der Waals surface area contributed by atoms with Crippen molar-refractivity contribution in [1.29, 1.82) is 0 Å². The molecular formula is C15H20BrNO. The van der Waals surface area contributed by atoms with E-state index in [2.05, 4.69) is 41.1 Å². The second kappa shape index (κ2) is 4.53. The van der Waals surface area contributed by atoms with Crippen LogP contribution < -0.4 is 10.5 Å². The first-order chi connectivity index (χ1) is 8.62. The predicted octanol–water partition coefficient (Wildman–Crippen LogP) is 3.80. The molecule has 18 heavy (non-hydrogen) atoms. The summed E-state index contributed by atoms with van der Waals surface area (Å²) in [5, 5.41) is 0. The Bertz CT molecular complexity index is 454. The van der Waals surface area contributed by atoms with Crippen molar-refractivity contribution in [3.8, 4) is 5.75 Å². The molecule has 0 radical (unpaired) electrons. The van der Waals surface area contributed by atoms with Crippen molar-refractivity contribution in [2.75, 3.05) is 0 Å². The van der Waals surface area contributed by atoms with Crippen LogP contribution in [0.1, 0.15) is 37.7 Å². The monoisotopic (exact) mass is 309 g/mol. The SMILES string of the molecule is Cc1ccc(Br)cc1OC1CC(N)C12CCCC2. The molecule has 3 heteroatoms. The first-order valence-corrected chi connectivity index (χ1v) is 7.59. The van der Waals surface area contributed by atoms with Crippen LogP contribution in [0.25, 0.3) is 0 Å². The lowest BCUT2D eigenvalue weighted by atomic mass is 9.61. The lowest BCUT2D eigenvalue weighted by Gasteiger charge is -2.52. The van der Waals surface area contributed by atoms with Crippen LogP contribution in [-0.4, -0.2) is 12.1 Å². The van der Waals surface area contributed by atoms with Gasteiger partial charge in [0, 0.05) is 22.4 Å². The first-order valence-electron chi connectivity index (χ1n) is 6.80. The van der Waals surface area contributed by atoms with Crippen molar-refractivity contribution in [3.05, 3.63) is 28.2 Å². The Morgan fingerprint density at radius 2 is 2.06 bits per heavy atom. The quantitative estimate of drug-likeness (QED) is 0.902. The third kappa shape index (κ3) is 1.88. The summed E-state index contributed by atoms with van der Waals surface area (Å²) >= 11 is 3.51. The third-order valence-corrected chi connectivity index (χ3v) is 5.29. The highest BCUT2D eigenvalue weighted by Crippen LogP contribution is 2.54. The molecule has 0 amide bonds. The summed E-state index contributed by atoms with van der Waals surface area (Å²) < 4.78 is 7.34. The standard InChI is InChI=1S/C15H20BrNO/c1-10-4-5-11(16)8-12(10)18-14-9-13(17)15(14)6-2-3-7-15/h4-5,8,13-14H,2-3,6-7,9,17H2,1H3. The van der Waals surface area contributed by atoms with E-state index in [0.29, 0.717) is 12.1 Å². The van der Waals surface area contributed by atoms with Crippen molar-refractivity contribution < 1.29 is 4.74 Å². The number of ether oxygens (including phenoxy) is 1. The van der Waals surface area contributed by atoms with Gasteiger partial charge in [-0.15, -0.1) is 0 Å². The van der Waals surface area contributed by atoms with Gasteiger partial charge in [0.1, 0.15) is 11.9 Å². The molecule has 3 rings (SSSR count). The summed E-state index contributed by atoms with van der Waals surface area (Å²) in [4.78, 5) is 0. The maximum atomic E-state index is 6.26. The van der Waals surface area contributed by atoms with Crippen molar-refractivity contribution in [2.24, 2.45) is 11.1 Å². The molecule has 2 N–H and O–H groups in total. The van der Waals surface area contributed by atoms with Gasteiger partial charge in [-0.25, -0.2) is 0 Å². The van der Waals surface area contributed by atoms with Gasteiger partial charge in [0.15, 0.2) is 0 Å². The molecule has 0 bridgehead atoms. The number of hydrogen-bond donors (Lipinski definition) is 1. The lowest BCUT2D eigenvalue weighted by Crippen LogP contribution is -2.62. The number of hydrogen-bond acceptors (Lipinski definition) is 2. The van der Waals surface area contributed by atoms with Gasteiger partial charge in [0.05, 0.1) is 0 Å². The van der Waals surface area contributed by atoms with Gasteiger partial charge in [-0.2, -0.15) is 0 Å². The fourth-order valence-corrected chi connectivity index (χ4v) is 3.86. The maximum Gasteiger partial charge on any atom is 0.123 e. The number of nitrogens with two attached hydrogens (primary N) is 1. The molecule has 1 aromatic carbocycles. The second-order valence-corrected chi connectivity index (χ2v) is 6.71. The molecule has 2 unspecified atom stereocenters. The smallest absolute Gasteiger partial charge is 0.123 e. The van der Waals surface area contributed by atoms with Crippen LogP contribution in [0.2, 0.25) is 0 Å². The van der Waals surface area contributed by atoms with Gasteiger partial charge in [-0.05, 0) is 37.5 Å². The van der Waals surface area contributed by atoms with Crippen molar-refractivity contribution in [3.63, 3.8) is 0 Å². The van der Waals surface area contributed by atoms with E-state index >= 15 is 0 Å². The minimum absolute atomic E-state index is 0.273. The van der Waals surface area contributed by atoms with E-state index in [1.807, 2.05) is 0 Å². The van der Waals surface area contributed by atoms with Gasteiger partial charge in [-0.1, -0.05) is 34.8 Å². The third-order valence-electron chi connectivity index (χ3n) is 4.80. The minimum atomic E-state index is 0.273. The first kappa shape index (κ1) is 12.5. The molecule has 0 aliphatic heterocycles. The molecule has 2 aliphatic carbocycles. The van der Waals surface area contributed by atoms with Crippen LogP contribution in [0, 0.1) is 12.3 Å². The molecule has 98 valence electrons. The molecule has 2 fully saturated rings. The summed E-state index contributed by atoms with van der Waals surface area (Å²) in [5.74, 6) is 1.01. The summed E-state index contributed by atoms with van der Waals surface area (Å²) in [6.45, 7) is 2.10. The van der Waals surface area contributed by atoms with Gasteiger partial charge < -0.3 is 10.5 Å². The molecule has 0 heterocycles. The van der Waals surface area contributed by atoms with E-state index in [0.717, 1.165) is 16.6 Å². The number of benzene rings is 1. The zero-order valence-electron chi connectivity index (χ0n) is 10.8. The molecular weight excluding hydrogens is 290 g/mol. The number of aryl methyl sites for hydroxylation is 1. The Morgan fingerprint density at radius 1 is 1.33 bits per heavy atom. The summed E-state index contributed by atoms with van der Waals surface area (Å²) in [7, 11) is 0. The fraction of sp³-hybridized carbons (Fsp3) is 0.600. The Labute approximate surface area is 117 Å². The van der Waals surface area contributed by atoms with E-state index < -0.39 is 0 Å². The zero-order chi connectivity index (χ0) is 12.8. The average Bonchev–Trinajstić information content (AvgIpc) is 2.85. The predicted molar refractivity (Wildman–Crippen MR) is 76.8 cm³/mol. The molecule has 2 aliphatic rings. The van der Waals surface area contributed by atoms with Crippen LogP contribution >= 0.6 is 15.9 Å². The summed E-state index contributed by atoms with van der Waals surface area (Å²) in [6, 6.07) is 6.57. The molecule has 0 aromatic heterocycles. The maximum absolute atomic E-state index is 6.26. The molecule has 0 saturated heterocycles. The summed E-state index contributed by atoms with van der Waals surface area (Å²) in [5.41, 5.74) is 7.71. The van der Waals surface area contributed by atoms with Crippen LogP contribution in [0.5, 0.6) is 5.75 Å². The largest absolute Gasteiger partial charge is 0.489 e. The van der Waals surface area contributed by atoms with Crippen LogP contribution in [0.15, 0.2) is 22.7 Å². The Hall–Kier alpha value is -0.540. The van der Waals surface area contributed by atoms with E-state index in [9.17, 15) is 0 Å². The molecule has 2 saturated carbocycles. The molecule has 2 atom stereocenters. The average molecular weight is 310 g/mol. The highest BCUT2D eigenvalue weighted by molar-refractivity contribution is 9.10. The second-order valence-electron chi connectivity index (χ2n) is 5.80. The van der Waals surface area contributed by atoms with Crippen molar-refractivity contribution in [1.82, 2.24) is 0 Å². The van der Waals surface area contributed by atoms with Crippen molar-refractivity contribution in [2.45, 2.75) is 51.2 Å². The van der Waals surface area contributed by atoms with Gasteiger partial charge >= 0.3 is 0 Å². The van der Waals surface area contributed by atoms with Crippen molar-refractivity contribution >= 4 is 15.9 Å². The normalized spacial score (nSPS) is 29.3. The van der Waals surface area contributed by atoms with E-state index in [-0.39, 0.29) is 5.41 Å². The van der Waals surface area contributed by atoms with Crippen LogP contribution in [0.4, 0.5) is 0 Å². The number of rotatable bonds is 2. The van der Waals surface area contributed by atoms with Gasteiger partial charge in [0.25, 0.3) is 0 Å². The van der Waals surface area contributed by atoms with Crippen LogP contribution in [0.3, 0.4) is 0 Å². The Morgan fingerprint density at radius 3 is 2.72 bits per heavy atom. The highest BCUT2D eigenvalue weighted by Gasteiger charge is 2.56. The van der Waals surface area contributed by atoms with Crippen LogP contribution in [-0.2, 0) is 0 Å². The fourth-order valence-electron chi connectivity index (χ4n) is 3.52. The Balaban J connectivity index is 1.79. The van der Waals surface area contributed by atoms with E-state index in [1.165, 1.54) is 31.2 Å². The topological polar surface area (TPSA) is 35.2 Å². The molecule has 1 spiro atoms. The lowest BCUT2D eigenvalue weighted by molar-refractivity contribution is -0.0623. The molecule has 2 nitrogen and oxygen atoms in total.